The Morgan fingerprint density at radius 2 is 1.82 bits per heavy atom. The van der Waals surface area contributed by atoms with Gasteiger partial charge in [-0.2, -0.15) is 0 Å². The van der Waals surface area contributed by atoms with Crippen molar-refractivity contribution in [3.05, 3.63) is 46.3 Å². The Balaban J connectivity index is 1.58. The molecule has 8 heteroatoms. The highest BCUT2D eigenvalue weighted by atomic mass is 16.7. The fraction of sp³-hybridized carbons (Fsp3) is 0.500. The van der Waals surface area contributed by atoms with Crippen LogP contribution < -0.4 is 9.47 Å². The summed E-state index contributed by atoms with van der Waals surface area (Å²) in [4.78, 5) is 43.9. The average molecular weight is 469 g/mol. The fourth-order valence-electron chi connectivity index (χ4n) is 4.94. The molecule has 1 aliphatic heterocycles. The van der Waals surface area contributed by atoms with E-state index in [-0.39, 0.29) is 37.3 Å². The number of amides is 1. The number of carbonyl (C=O) groups excluding carboxylic acids is 3. The average Bonchev–Trinajstić information content (AvgIpc) is 3.42. The largest absolute Gasteiger partial charge is 0.461 e. The Bertz CT molecular complexity index is 1080. The number of ketones is 1. The molecule has 1 fully saturated rings. The quantitative estimate of drug-likeness (QED) is 0.454. The fourth-order valence-corrected chi connectivity index (χ4v) is 4.94. The Morgan fingerprint density at radius 1 is 1.09 bits per heavy atom. The van der Waals surface area contributed by atoms with Gasteiger partial charge in [-0.1, -0.05) is 19.3 Å². The third-order valence-electron chi connectivity index (χ3n) is 6.64. The second-order valence-corrected chi connectivity index (χ2v) is 9.03. The molecule has 2 heterocycles. The SMILES string of the molecule is CCOC(=O)c1[nH]c(C)c(C(=O)CN(CC2CCCCC2)C(=O)c2ccc3c(c2)OCO3)c1C. The number of aromatic amines is 1. The summed E-state index contributed by atoms with van der Waals surface area (Å²) in [7, 11) is 0. The smallest absolute Gasteiger partial charge is 0.355 e. The van der Waals surface area contributed by atoms with Crippen molar-refractivity contribution in [2.24, 2.45) is 5.92 Å². The highest BCUT2D eigenvalue weighted by Crippen LogP contribution is 2.33. The van der Waals surface area contributed by atoms with Crippen LogP contribution in [-0.4, -0.2) is 54.0 Å². The second kappa shape index (κ2) is 10.3. The van der Waals surface area contributed by atoms with E-state index in [9.17, 15) is 14.4 Å². The number of aryl methyl sites for hydroxylation is 1. The molecular weight excluding hydrogens is 436 g/mol. The Hall–Kier alpha value is -3.29. The molecule has 1 aliphatic carbocycles. The summed E-state index contributed by atoms with van der Waals surface area (Å²) >= 11 is 0. The molecule has 0 atom stereocenters. The highest BCUT2D eigenvalue weighted by Gasteiger charge is 2.29. The summed E-state index contributed by atoms with van der Waals surface area (Å²) in [5.74, 6) is 0.601. The molecule has 1 N–H and O–H groups in total. The first-order chi connectivity index (χ1) is 16.4. The molecule has 1 amide bonds. The zero-order chi connectivity index (χ0) is 24.2. The maximum Gasteiger partial charge on any atom is 0.355 e. The van der Waals surface area contributed by atoms with Crippen molar-refractivity contribution < 1.29 is 28.6 Å². The van der Waals surface area contributed by atoms with Gasteiger partial charge in [0.2, 0.25) is 6.79 Å². The van der Waals surface area contributed by atoms with E-state index in [0.717, 1.165) is 25.7 Å². The molecular formula is C26H32N2O6. The first kappa shape index (κ1) is 23.9. The van der Waals surface area contributed by atoms with E-state index in [0.29, 0.717) is 46.3 Å². The van der Waals surface area contributed by atoms with Crippen LogP contribution >= 0.6 is 0 Å². The molecule has 2 aliphatic rings. The number of Topliss-reactive ketones (excluding diaryl/α,β-unsaturated/α-hetero) is 1. The van der Waals surface area contributed by atoms with Crippen LogP contribution in [0.1, 0.15) is 81.5 Å². The van der Waals surface area contributed by atoms with Crippen LogP contribution in [0.5, 0.6) is 11.5 Å². The minimum Gasteiger partial charge on any atom is -0.461 e. The topological polar surface area (TPSA) is 97.9 Å². The first-order valence-electron chi connectivity index (χ1n) is 12.0. The summed E-state index contributed by atoms with van der Waals surface area (Å²) < 4.78 is 15.9. The van der Waals surface area contributed by atoms with Gasteiger partial charge in [0.15, 0.2) is 17.3 Å². The molecule has 34 heavy (non-hydrogen) atoms. The third kappa shape index (κ3) is 4.95. The van der Waals surface area contributed by atoms with Gasteiger partial charge in [0.1, 0.15) is 5.69 Å². The normalized spacial score (nSPS) is 15.3. The Morgan fingerprint density at radius 3 is 2.56 bits per heavy atom. The van der Waals surface area contributed by atoms with Crippen molar-refractivity contribution in [3.8, 4) is 11.5 Å². The summed E-state index contributed by atoms with van der Waals surface area (Å²) in [6.07, 6.45) is 5.60. The Kier molecular flexibility index (Phi) is 7.24. The lowest BCUT2D eigenvalue weighted by atomic mass is 9.88. The van der Waals surface area contributed by atoms with Crippen molar-refractivity contribution in [2.45, 2.75) is 52.9 Å². The van der Waals surface area contributed by atoms with E-state index in [4.69, 9.17) is 14.2 Å². The lowest BCUT2D eigenvalue weighted by molar-refractivity contribution is 0.0519. The minimum atomic E-state index is -0.488. The van der Waals surface area contributed by atoms with E-state index >= 15 is 0 Å². The number of nitrogens with zero attached hydrogens (tertiary/aromatic N) is 1. The number of benzene rings is 1. The molecule has 0 bridgehead atoms. The van der Waals surface area contributed by atoms with Crippen LogP contribution in [0.2, 0.25) is 0 Å². The number of rotatable bonds is 8. The predicted molar refractivity (Wildman–Crippen MR) is 126 cm³/mol. The molecule has 0 spiro atoms. The van der Waals surface area contributed by atoms with Crippen molar-refractivity contribution in [1.82, 2.24) is 9.88 Å². The number of nitrogens with one attached hydrogen (secondary N) is 1. The van der Waals surface area contributed by atoms with Crippen LogP contribution in [-0.2, 0) is 4.74 Å². The third-order valence-corrected chi connectivity index (χ3v) is 6.64. The molecule has 182 valence electrons. The lowest BCUT2D eigenvalue weighted by Gasteiger charge is -2.29. The van der Waals surface area contributed by atoms with Gasteiger partial charge in [-0.3, -0.25) is 9.59 Å². The van der Waals surface area contributed by atoms with Crippen molar-refractivity contribution in [3.63, 3.8) is 0 Å². The molecule has 0 unspecified atom stereocenters. The molecule has 2 aromatic rings. The van der Waals surface area contributed by atoms with Crippen LogP contribution in [0.25, 0.3) is 0 Å². The van der Waals surface area contributed by atoms with E-state index < -0.39 is 5.97 Å². The van der Waals surface area contributed by atoms with Gasteiger partial charge in [0.25, 0.3) is 5.91 Å². The number of esters is 1. The number of ether oxygens (including phenoxy) is 3. The van der Waals surface area contributed by atoms with Gasteiger partial charge in [-0.15, -0.1) is 0 Å². The monoisotopic (exact) mass is 468 g/mol. The number of carbonyl (C=O) groups is 3. The summed E-state index contributed by atoms with van der Waals surface area (Å²) in [6, 6.07) is 5.11. The van der Waals surface area contributed by atoms with Crippen molar-refractivity contribution in [1.29, 1.82) is 0 Å². The number of hydrogen-bond acceptors (Lipinski definition) is 6. The van der Waals surface area contributed by atoms with Gasteiger partial charge in [0.05, 0.1) is 13.2 Å². The molecule has 8 nitrogen and oxygen atoms in total. The van der Waals surface area contributed by atoms with Crippen LogP contribution in [0.3, 0.4) is 0 Å². The van der Waals surface area contributed by atoms with Crippen LogP contribution in [0.4, 0.5) is 0 Å². The maximum absolute atomic E-state index is 13.5. The van der Waals surface area contributed by atoms with E-state index in [1.807, 2.05) is 0 Å². The van der Waals surface area contributed by atoms with Crippen LogP contribution in [0, 0.1) is 19.8 Å². The molecule has 0 saturated heterocycles. The van der Waals surface area contributed by atoms with Gasteiger partial charge >= 0.3 is 5.97 Å². The first-order valence-corrected chi connectivity index (χ1v) is 12.0. The number of H-pyrrole nitrogens is 1. The number of aromatic nitrogens is 1. The second-order valence-electron chi connectivity index (χ2n) is 9.03. The van der Waals surface area contributed by atoms with E-state index in [2.05, 4.69) is 4.98 Å². The summed E-state index contributed by atoms with van der Waals surface area (Å²) in [5.41, 5.74) is 2.33. The lowest BCUT2D eigenvalue weighted by Crippen LogP contribution is -2.40. The maximum atomic E-state index is 13.5. The summed E-state index contributed by atoms with van der Waals surface area (Å²) in [5, 5.41) is 0. The standard InChI is InChI=1S/C26H32N2O6/c1-4-32-26(31)24-16(2)23(17(3)27-24)20(29)14-28(13-18-8-6-5-7-9-18)25(30)19-10-11-21-22(12-19)34-15-33-21/h10-12,18,27H,4-9,13-15H2,1-3H3. The van der Waals surface area contributed by atoms with Gasteiger partial charge in [-0.25, -0.2) is 4.79 Å². The van der Waals surface area contributed by atoms with Crippen LogP contribution in [0.15, 0.2) is 18.2 Å². The van der Waals surface area contributed by atoms with Crippen molar-refractivity contribution >= 4 is 17.7 Å². The number of hydrogen-bond donors (Lipinski definition) is 1. The zero-order valence-corrected chi connectivity index (χ0v) is 20.1. The van der Waals surface area contributed by atoms with Crippen molar-refractivity contribution in [2.75, 3.05) is 26.5 Å². The molecule has 4 rings (SSSR count). The van der Waals surface area contributed by atoms with Gasteiger partial charge in [0, 0.05) is 23.4 Å². The highest BCUT2D eigenvalue weighted by molar-refractivity contribution is 6.06. The molecule has 1 saturated carbocycles. The molecule has 0 radical (unpaired) electrons. The van der Waals surface area contributed by atoms with Gasteiger partial charge < -0.3 is 24.1 Å². The van der Waals surface area contributed by atoms with Gasteiger partial charge in [-0.05, 0) is 63.3 Å². The number of fused-ring (bicyclic) bond motifs is 1. The van der Waals surface area contributed by atoms with E-state index in [1.54, 1.807) is 43.9 Å². The predicted octanol–water partition coefficient (Wildman–Crippen LogP) is 4.44. The molecule has 1 aromatic carbocycles. The Labute approximate surface area is 199 Å². The van der Waals surface area contributed by atoms with E-state index in [1.165, 1.54) is 6.42 Å². The minimum absolute atomic E-state index is 0.0639. The molecule has 1 aromatic heterocycles. The zero-order valence-electron chi connectivity index (χ0n) is 20.1. The summed E-state index contributed by atoms with van der Waals surface area (Å²) in [6.45, 7) is 6.06.